The lowest BCUT2D eigenvalue weighted by atomic mass is 10.8. The molecule has 0 N–H and O–H groups in total. The molecule has 0 aromatic rings. The van der Waals surface area contributed by atoms with Gasteiger partial charge in [-0.1, -0.05) is 5.92 Å². The Morgan fingerprint density at radius 3 is 2.45 bits per heavy atom. The zero-order chi connectivity index (χ0) is 8.91. The minimum Gasteiger partial charge on any atom is -0.297 e. The van der Waals surface area contributed by atoms with Crippen LogP contribution in [0.2, 0.25) is 0 Å². The van der Waals surface area contributed by atoms with E-state index in [4.69, 9.17) is 0 Å². The molecule has 0 saturated carbocycles. The van der Waals surface area contributed by atoms with Crippen molar-refractivity contribution >= 4 is 8.25 Å². The summed E-state index contributed by atoms with van der Waals surface area (Å²) in [5, 5.41) is 0. The highest BCUT2D eigenvalue weighted by Gasteiger charge is 2.32. The monoisotopic (exact) mass is 188 g/mol. The highest BCUT2D eigenvalue weighted by Crippen LogP contribution is 2.33. The van der Waals surface area contributed by atoms with E-state index in [2.05, 4.69) is 15.5 Å². The van der Waals surface area contributed by atoms with E-state index in [0.717, 1.165) is 0 Å². The van der Waals surface area contributed by atoms with Gasteiger partial charge in [-0.15, -0.1) is 19.6 Å². The molecule has 0 fully saturated rings. The van der Waals surface area contributed by atoms with E-state index in [9.17, 15) is 17.7 Å². The Balaban J connectivity index is 3.64. The Hall–Kier alpha value is -0.500. The average Bonchev–Trinajstić information content (AvgIpc) is 1.79. The fourth-order valence-electron chi connectivity index (χ4n) is 0.225. The van der Waals surface area contributed by atoms with E-state index >= 15 is 0 Å². The van der Waals surface area contributed by atoms with Crippen LogP contribution in [0.1, 0.15) is 0 Å². The second-order valence-electron chi connectivity index (χ2n) is 1.29. The van der Waals surface area contributed by atoms with Gasteiger partial charge in [0.2, 0.25) is 0 Å². The molecule has 0 spiro atoms. The molecule has 0 aromatic heterocycles. The van der Waals surface area contributed by atoms with E-state index in [1.807, 2.05) is 5.92 Å². The summed E-state index contributed by atoms with van der Waals surface area (Å²) in [5.41, 5.74) is 0. The molecule has 0 radical (unpaired) electrons. The minimum atomic E-state index is -4.94. The van der Waals surface area contributed by atoms with Crippen LogP contribution in [0.3, 0.4) is 0 Å². The highest BCUT2D eigenvalue weighted by atomic mass is 31.1. The Bertz CT molecular complexity index is 182. The van der Waals surface area contributed by atoms with E-state index in [0.29, 0.717) is 0 Å². The molecule has 11 heavy (non-hydrogen) atoms. The largest absolute Gasteiger partial charge is 0.529 e. The first-order valence-electron chi connectivity index (χ1n) is 2.31. The van der Waals surface area contributed by atoms with Crippen LogP contribution in [0.4, 0.5) is 13.2 Å². The Morgan fingerprint density at radius 2 is 2.09 bits per heavy atom. The summed E-state index contributed by atoms with van der Waals surface area (Å²) in [6.07, 6.45) is -0.334. The van der Waals surface area contributed by atoms with Crippen LogP contribution in [-0.2, 0) is 13.6 Å². The van der Waals surface area contributed by atoms with Crippen LogP contribution in [0.15, 0.2) is 0 Å². The summed E-state index contributed by atoms with van der Waals surface area (Å²) in [4.78, 5) is 0. The normalized spacial score (nSPS) is 14.0. The lowest BCUT2D eigenvalue weighted by Crippen LogP contribution is -2.08. The van der Waals surface area contributed by atoms with E-state index in [1.165, 1.54) is 0 Å². The first-order valence-corrected chi connectivity index (χ1v) is 3.54. The third-order valence-electron chi connectivity index (χ3n) is 0.472. The van der Waals surface area contributed by atoms with Crippen molar-refractivity contribution in [2.45, 2.75) is 6.36 Å². The molecule has 1 atom stereocenters. The number of alkyl halides is 3. The molecule has 0 aromatic carbocycles. The van der Waals surface area contributed by atoms with Crippen LogP contribution >= 0.6 is 8.25 Å². The molecule has 0 aliphatic heterocycles. The summed E-state index contributed by atoms with van der Waals surface area (Å²) in [5.74, 6) is 1.84. The smallest absolute Gasteiger partial charge is 0.297 e. The summed E-state index contributed by atoms with van der Waals surface area (Å²) in [7, 11) is -3.53. The summed E-state index contributed by atoms with van der Waals surface area (Å²) in [6.45, 7) is -0.464. The Kier molecular flexibility index (Phi) is 4.19. The topological polar surface area (TPSA) is 35.5 Å². The lowest BCUT2D eigenvalue weighted by molar-refractivity contribution is -0.275. The predicted octanol–water partition coefficient (Wildman–Crippen LogP) is 1.56. The van der Waals surface area contributed by atoms with Crippen LogP contribution in [0.5, 0.6) is 0 Å². The fraction of sp³-hybridized carbons (Fsp3) is 0.500. The zero-order valence-electron chi connectivity index (χ0n) is 5.14. The molecule has 0 rings (SSSR count). The van der Waals surface area contributed by atoms with Crippen molar-refractivity contribution < 1.29 is 26.8 Å². The molecule has 1 unspecified atom stereocenters. The third kappa shape index (κ3) is 7.40. The van der Waals surface area contributed by atoms with Gasteiger partial charge in [-0.3, -0.25) is 9.09 Å². The van der Waals surface area contributed by atoms with Gasteiger partial charge in [-0.2, -0.15) is 0 Å². The molecular weight excluding hydrogens is 184 g/mol. The maximum atomic E-state index is 11.2. The van der Waals surface area contributed by atoms with Gasteiger partial charge in [-0.25, -0.2) is 4.52 Å². The van der Waals surface area contributed by atoms with Crippen LogP contribution < -0.4 is 0 Å². The van der Waals surface area contributed by atoms with Gasteiger partial charge in [0, 0.05) is 0 Å². The third-order valence-corrected chi connectivity index (χ3v) is 1.25. The Morgan fingerprint density at radius 1 is 1.55 bits per heavy atom. The lowest BCUT2D eigenvalue weighted by Gasteiger charge is -2.04. The van der Waals surface area contributed by atoms with Crippen LogP contribution in [0.25, 0.3) is 0 Å². The maximum Gasteiger partial charge on any atom is 0.529 e. The van der Waals surface area contributed by atoms with Crippen molar-refractivity contribution in [2.24, 2.45) is 0 Å². The SMILES string of the molecule is C#CCO[PH](=O)OC(F)(F)F. The van der Waals surface area contributed by atoms with Crippen molar-refractivity contribution in [3.8, 4) is 12.3 Å². The van der Waals surface area contributed by atoms with Gasteiger partial charge in [0.25, 0.3) is 0 Å². The van der Waals surface area contributed by atoms with E-state index < -0.39 is 21.2 Å². The molecule has 0 aliphatic rings. The van der Waals surface area contributed by atoms with Crippen molar-refractivity contribution in [3.05, 3.63) is 0 Å². The second-order valence-corrected chi connectivity index (χ2v) is 2.28. The van der Waals surface area contributed by atoms with Crippen LogP contribution in [0, 0.1) is 12.3 Å². The fourth-order valence-corrected chi connectivity index (χ4v) is 0.674. The van der Waals surface area contributed by atoms with Gasteiger partial charge in [0.05, 0.1) is 0 Å². The summed E-state index contributed by atoms with van der Waals surface area (Å²) < 4.78 is 50.7. The van der Waals surface area contributed by atoms with Gasteiger partial charge >= 0.3 is 14.6 Å². The standard InChI is InChI=1S/C4H4F3O3P/c1-2-3-9-11(8)10-4(5,6)7/h1,11H,3H2. The zero-order valence-corrected chi connectivity index (χ0v) is 6.14. The van der Waals surface area contributed by atoms with E-state index in [1.54, 1.807) is 0 Å². The number of hydrogen-bond donors (Lipinski definition) is 0. The number of hydrogen-bond acceptors (Lipinski definition) is 3. The van der Waals surface area contributed by atoms with E-state index in [-0.39, 0.29) is 0 Å². The molecule has 0 aliphatic carbocycles. The first kappa shape index (κ1) is 10.5. The molecule has 0 bridgehead atoms. The number of terminal acetylenes is 1. The van der Waals surface area contributed by atoms with Crippen molar-refractivity contribution in [3.63, 3.8) is 0 Å². The number of halogens is 3. The predicted molar refractivity (Wildman–Crippen MR) is 30.9 cm³/mol. The van der Waals surface area contributed by atoms with Gasteiger partial charge in [-0.05, 0) is 0 Å². The molecular formula is C4H4F3O3P. The molecule has 64 valence electrons. The molecule has 0 saturated heterocycles. The van der Waals surface area contributed by atoms with Gasteiger partial charge < -0.3 is 0 Å². The molecule has 7 heteroatoms. The first-order chi connectivity index (χ1) is 4.95. The quantitative estimate of drug-likeness (QED) is 0.498. The molecule has 0 heterocycles. The van der Waals surface area contributed by atoms with Gasteiger partial charge in [0.15, 0.2) is 0 Å². The van der Waals surface area contributed by atoms with Crippen molar-refractivity contribution in [1.29, 1.82) is 0 Å². The minimum absolute atomic E-state index is 0.464. The summed E-state index contributed by atoms with van der Waals surface area (Å²) >= 11 is 0. The van der Waals surface area contributed by atoms with Crippen molar-refractivity contribution in [2.75, 3.05) is 6.61 Å². The average molecular weight is 188 g/mol. The molecule has 3 nitrogen and oxygen atoms in total. The van der Waals surface area contributed by atoms with Gasteiger partial charge in [0.1, 0.15) is 6.61 Å². The maximum absolute atomic E-state index is 11.2. The second kappa shape index (κ2) is 4.39. The van der Waals surface area contributed by atoms with Crippen LogP contribution in [-0.4, -0.2) is 13.0 Å². The highest BCUT2D eigenvalue weighted by molar-refractivity contribution is 7.33. The number of rotatable bonds is 3. The summed E-state index contributed by atoms with van der Waals surface area (Å²) in [6, 6.07) is 0. The van der Waals surface area contributed by atoms with Crippen molar-refractivity contribution in [1.82, 2.24) is 0 Å². The molecule has 0 amide bonds. The Labute approximate surface area is 61.4 Å².